The van der Waals surface area contributed by atoms with Crippen LogP contribution in [0, 0.1) is 6.92 Å². The largest absolute Gasteiger partial charge is 0.379 e. The smallest absolute Gasteiger partial charge is 0.0479 e. The van der Waals surface area contributed by atoms with Crippen LogP contribution in [0.4, 0.5) is 5.69 Å². The van der Waals surface area contributed by atoms with Crippen molar-refractivity contribution in [3.8, 4) is 0 Å². The lowest BCUT2D eigenvalue weighted by atomic mass is 10.1. The minimum atomic E-state index is 0.231. The summed E-state index contributed by atoms with van der Waals surface area (Å²) >= 11 is 0. The standard InChI is InChI=1S/C17H23N/c1-13(2)7-6-8-15(4)16(5)18-17-11-9-14(3)10-12-17/h6-12,16,18H,4H2,1-3,5H3/b8-6+. The first-order chi connectivity index (χ1) is 8.49. The van der Waals surface area contributed by atoms with E-state index < -0.39 is 0 Å². The zero-order valence-corrected chi connectivity index (χ0v) is 11.8. The van der Waals surface area contributed by atoms with Gasteiger partial charge in [0.25, 0.3) is 0 Å². The Morgan fingerprint density at radius 1 is 1.22 bits per heavy atom. The Bertz CT molecular complexity index is 445. The molecule has 1 atom stereocenters. The van der Waals surface area contributed by atoms with Gasteiger partial charge in [0.1, 0.15) is 0 Å². The highest BCUT2D eigenvalue weighted by molar-refractivity contribution is 5.47. The molecule has 0 fully saturated rings. The number of aryl methyl sites for hydroxylation is 1. The second-order valence-electron chi connectivity index (χ2n) is 4.91. The molecule has 0 bridgehead atoms. The molecule has 0 aliphatic rings. The van der Waals surface area contributed by atoms with E-state index in [1.54, 1.807) is 0 Å². The number of hydrogen-bond acceptors (Lipinski definition) is 1. The molecule has 1 rings (SSSR count). The van der Waals surface area contributed by atoms with Gasteiger partial charge in [0.05, 0.1) is 0 Å². The Balaban J connectivity index is 2.57. The molecule has 0 saturated carbocycles. The molecule has 0 aliphatic carbocycles. The fourth-order valence-electron chi connectivity index (χ4n) is 1.50. The van der Waals surface area contributed by atoms with Crippen molar-refractivity contribution in [3.63, 3.8) is 0 Å². The molecule has 0 aliphatic heterocycles. The van der Waals surface area contributed by atoms with E-state index in [9.17, 15) is 0 Å². The number of hydrogen-bond donors (Lipinski definition) is 1. The van der Waals surface area contributed by atoms with Gasteiger partial charge in [0, 0.05) is 11.7 Å². The molecule has 1 unspecified atom stereocenters. The fourth-order valence-corrected chi connectivity index (χ4v) is 1.50. The Kier molecular flexibility index (Phi) is 5.44. The summed E-state index contributed by atoms with van der Waals surface area (Å²) < 4.78 is 0. The molecular weight excluding hydrogens is 218 g/mol. The van der Waals surface area contributed by atoms with Crippen LogP contribution in [0.1, 0.15) is 26.3 Å². The van der Waals surface area contributed by atoms with Gasteiger partial charge < -0.3 is 5.32 Å². The van der Waals surface area contributed by atoms with E-state index in [0.717, 1.165) is 11.3 Å². The highest BCUT2D eigenvalue weighted by atomic mass is 14.9. The number of nitrogens with one attached hydrogen (secondary N) is 1. The van der Waals surface area contributed by atoms with Crippen LogP contribution in [0.5, 0.6) is 0 Å². The summed E-state index contributed by atoms with van der Waals surface area (Å²) in [4.78, 5) is 0. The highest BCUT2D eigenvalue weighted by Crippen LogP contribution is 2.13. The molecule has 0 saturated heterocycles. The first kappa shape index (κ1) is 14.3. The van der Waals surface area contributed by atoms with Crippen molar-refractivity contribution in [2.45, 2.75) is 33.7 Å². The number of allylic oxidation sites excluding steroid dienone is 3. The Labute approximate surface area is 111 Å². The molecule has 1 aromatic carbocycles. The van der Waals surface area contributed by atoms with Crippen molar-refractivity contribution < 1.29 is 0 Å². The quantitative estimate of drug-likeness (QED) is 0.725. The molecule has 18 heavy (non-hydrogen) atoms. The average molecular weight is 241 g/mol. The van der Waals surface area contributed by atoms with E-state index in [-0.39, 0.29) is 6.04 Å². The van der Waals surface area contributed by atoms with Gasteiger partial charge in [-0.15, -0.1) is 0 Å². The van der Waals surface area contributed by atoms with Crippen LogP contribution in [0.2, 0.25) is 0 Å². The number of anilines is 1. The van der Waals surface area contributed by atoms with Gasteiger partial charge in [-0.3, -0.25) is 0 Å². The van der Waals surface area contributed by atoms with Gasteiger partial charge in [-0.2, -0.15) is 0 Å². The fraction of sp³-hybridized carbons (Fsp3) is 0.294. The third-order valence-electron chi connectivity index (χ3n) is 2.73. The lowest BCUT2D eigenvalue weighted by molar-refractivity contribution is 0.956. The van der Waals surface area contributed by atoms with Gasteiger partial charge in [-0.05, 0) is 45.4 Å². The van der Waals surface area contributed by atoms with Crippen molar-refractivity contribution in [1.82, 2.24) is 0 Å². The van der Waals surface area contributed by atoms with Crippen molar-refractivity contribution in [1.29, 1.82) is 0 Å². The van der Waals surface area contributed by atoms with Gasteiger partial charge >= 0.3 is 0 Å². The van der Waals surface area contributed by atoms with Gasteiger partial charge in [0.15, 0.2) is 0 Å². The Hall–Kier alpha value is -1.76. The second kappa shape index (κ2) is 6.85. The molecule has 0 aromatic heterocycles. The molecule has 1 N–H and O–H groups in total. The summed E-state index contributed by atoms with van der Waals surface area (Å²) in [6.07, 6.45) is 6.19. The van der Waals surface area contributed by atoms with Crippen LogP contribution in [0.25, 0.3) is 0 Å². The van der Waals surface area contributed by atoms with E-state index in [1.165, 1.54) is 11.1 Å². The summed E-state index contributed by atoms with van der Waals surface area (Å²) in [5, 5.41) is 3.44. The van der Waals surface area contributed by atoms with E-state index in [2.05, 4.69) is 76.0 Å². The zero-order valence-electron chi connectivity index (χ0n) is 11.8. The van der Waals surface area contributed by atoms with Crippen molar-refractivity contribution >= 4 is 5.69 Å². The maximum absolute atomic E-state index is 4.09. The summed E-state index contributed by atoms with van der Waals surface area (Å²) in [5.41, 5.74) is 4.77. The van der Waals surface area contributed by atoms with Crippen LogP contribution in [0.15, 0.2) is 60.2 Å². The van der Waals surface area contributed by atoms with Crippen LogP contribution >= 0.6 is 0 Å². The van der Waals surface area contributed by atoms with Gasteiger partial charge in [-0.1, -0.05) is 48.1 Å². The molecule has 0 radical (unpaired) electrons. The van der Waals surface area contributed by atoms with Crippen LogP contribution in [-0.2, 0) is 0 Å². The van der Waals surface area contributed by atoms with Crippen molar-refractivity contribution in [2.24, 2.45) is 0 Å². The lowest BCUT2D eigenvalue weighted by Crippen LogP contribution is -2.16. The minimum Gasteiger partial charge on any atom is -0.379 e. The van der Waals surface area contributed by atoms with Crippen molar-refractivity contribution in [2.75, 3.05) is 5.32 Å². The molecule has 1 heteroatoms. The average Bonchev–Trinajstić information content (AvgIpc) is 2.31. The summed E-state index contributed by atoms with van der Waals surface area (Å²) in [6.45, 7) is 12.5. The zero-order chi connectivity index (χ0) is 13.5. The molecule has 0 heterocycles. The Morgan fingerprint density at radius 2 is 1.83 bits per heavy atom. The van der Waals surface area contributed by atoms with Gasteiger partial charge in [-0.25, -0.2) is 0 Å². The van der Waals surface area contributed by atoms with Crippen LogP contribution in [0.3, 0.4) is 0 Å². The topological polar surface area (TPSA) is 12.0 Å². The predicted molar refractivity (Wildman–Crippen MR) is 82.0 cm³/mol. The first-order valence-corrected chi connectivity index (χ1v) is 6.32. The third kappa shape index (κ3) is 5.05. The predicted octanol–water partition coefficient (Wildman–Crippen LogP) is 4.87. The van der Waals surface area contributed by atoms with Gasteiger partial charge in [0.2, 0.25) is 0 Å². The molecule has 0 spiro atoms. The van der Waals surface area contributed by atoms with E-state index in [4.69, 9.17) is 0 Å². The monoisotopic (exact) mass is 241 g/mol. The maximum atomic E-state index is 4.09. The summed E-state index contributed by atoms with van der Waals surface area (Å²) in [7, 11) is 0. The molecule has 1 nitrogen and oxygen atoms in total. The number of benzene rings is 1. The van der Waals surface area contributed by atoms with Crippen molar-refractivity contribution in [3.05, 3.63) is 65.8 Å². The summed E-state index contributed by atoms with van der Waals surface area (Å²) in [5.74, 6) is 0. The third-order valence-corrected chi connectivity index (χ3v) is 2.73. The Morgan fingerprint density at radius 3 is 2.39 bits per heavy atom. The number of rotatable bonds is 5. The lowest BCUT2D eigenvalue weighted by Gasteiger charge is -2.15. The normalized spacial score (nSPS) is 12.2. The molecular formula is C17H23N. The van der Waals surface area contributed by atoms with Crippen LogP contribution < -0.4 is 5.32 Å². The highest BCUT2D eigenvalue weighted by Gasteiger charge is 2.02. The van der Waals surface area contributed by atoms with E-state index >= 15 is 0 Å². The molecule has 1 aromatic rings. The first-order valence-electron chi connectivity index (χ1n) is 6.32. The second-order valence-corrected chi connectivity index (χ2v) is 4.91. The minimum absolute atomic E-state index is 0.231. The molecule has 96 valence electrons. The molecule has 0 amide bonds. The van der Waals surface area contributed by atoms with E-state index in [1.807, 2.05) is 6.08 Å². The van der Waals surface area contributed by atoms with Crippen LogP contribution in [-0.4, -0.2) is 6.04 Å². The maximum Gasteiger partial charge on any atom is 0.0479 e. The van der Waals surface area contributed by atoms with E-state index in [0.29, 0.717) is 0 Å². The summed E-state index contributed by atoms with van der Waals surface area (Å²) in [6, 6.07) is 8.64. The SMILES string of the molecule is C=C(/C=C/C=C(C)C)C(C)Nc1ccc(C)cc1.